The van der Waals surface area contributed by atoms with Gasteiger partial charge in [0.1, 0.15) is 0 Å². The largest absolute Gasteiger partial charge is 0.317 e. The van der Waals surface area contributed by atoms with Crippen molar-refractivity contribution in [3.63, 3.8) is 0 Å². The average molecular weight is 254 g/mol. The van der Waals surface area contributed by atoms with Gasteiger partial charge in [-0.3, -0.25) is 0 Å². The van der Waals surface area contributed by atoms with E-state index >= 15 is 0 Å². The second kappa shape index (κ2) is 5.62. The fraction of sp³-hybridized carbons (Fsp3) is 0.500. The number of rotatable bonds is 3. The molecule has 4 nitrogen and oxygen atoms in total. The standard InChI is InChI=1S/C12H18N2O2S/c15-17(16,12-6-2-1-3-7-12)14-11-5-4-9-13-10-8-11/h1-3,6-7,11,13-14H,4-5,8-10H2. The van der Waals surface area contributed by atoms with Crippen LogP contribution in [0.5, 0.6) is 0 Å². The lowest BCUT2D eigenvalue weighted by Crippen LogP contribution is -2.35. The molecule has 17 heavy (non-hydrogen) atoms. The van der Waals surface area contributed by atoms with Crippen LogP contribution in [0, 0.1) is 0 Å². The summed E-state index contributed by atoms with van der Waals surface area (Å²) in [4.78, 5) is 0.345. The van der Waals surface area contributed by atoms with Gasteiger partial charge in [0.25, 0.3) is 0 Å². The molecule has 0 radical (unpaired) electrons. The monoisotopic (exact) mass is 254 g/mol. The van der Waals surface area contributed by atoms with Crippen LogP contribution in [0.15, 0.2) is 35.2 Å². The Bertz CT molecular complexity index is 437. The third kappa shape index (κ3) is 3.52. The Hall–Kier alpha value is -0.910. The Morgan fingerprint density at radius 1 is 1.12 bits per heavy atom. The first-order chi connectivity index (χ1) is 8.18. The predicted octanol–water partition coefficient (Wildman–Crippen LogP) is 1.11. The van der Waals surface area contributed by atoms with Gasteiger partial charge in [-0.2, -0.15) is 0 Å². The van der Waals surface area contributed by atoms with E-state index in [0.717, 1.165) is 32.4 Å². The van der Waals surface area contributed by atoms with Gasteiger partial charge in [-0.1, -0.05) is 18.2 Å². The highest BCUT2D eigenvalue weighted by Gasteiger charge is 2.20. The second-order valence-corrected chi connectivity index (χ2v) is 6.03. The molecular formula is C12H18N2O2S. The maximum absolute atomic E-state index is 12.1. The predicted molar refractivity (Wildman–Crippen MR) is 67.3 cm³/mol. The summed E-state index contributed by atoms with van der Waals surface area (Å²) in [6, 6.07) is 8.59. The van der Waals surface area contributed by atoms with Gasteiger partial charge < -0.3 is 5.32 Å². The summed E-state index contributed by atoms with van der Waals surface area (Å²) in [5.74, 6) is 0. The van der Waals surface area contributed by atoms with Crippen molar-refractivity contribution in [1.82, 2.24) is 10.0 Å². The molecule has 0 saturated carbocycles. The SMILES string of the molecule is O=S(=O)(NC1CCCNCC1)c1ccccc1. The molecule has 0 aromatic heterocycles. The van der Waals surface area contributed by atoms with E-state index in [4.69, 9.17) is 0 Å². The van der Waals surface area contributed by atoms with Crippen molar-refractivity contribution < 1.29 is 8.42 Å². The third-order valence-corrected chi connectivity index (χ3v) is 4.49. The molecule has 1 heterocycles. The van der Waals surface area contributed by atoms with Gasteiger partial charge >= 0.3 is 0 Å². The second-order valence-electron chi connectivity index (χ2n) is 4.31. The van der Waals surface area contributed by atoms with Gasteiger partial charge in [-0.15, -0.1) is 0 Å². The number of hydrogen-bond donors (Lipinski definition) is 2. The van der Waals surface area contributed by atoms with Crippen LogP contribution in [0.4, 0.5) is 0 Å². The normalized spacial score (nSPS) is 22.0. The van der Waals surface area contributed by atoms with E-state index in [2.05, 4.69) is 10.0 Å². The van der Waals surface area contributed by atoms with Crippen LogP contribution in [0.25, 0.3) is 0 Å². The van der Waals surface area contributed by atoms with Crippen molar-refractivity contribution >= 4 is 10.0 Å². The summed E-state index contributed by atoms with van der Waals surface area (Å²) in [5, 5.41) is 3.27. The van der Waals surface area contributed by atoms with Crippen LogP contribution in [0.1, 0.15) is 19.3 Å². The molecule has 2 rings (SSSR count). The van der Waals surface area contributed by atoms with Gasteiger partial charge in [-0.25, -0.2) is 13.1 Å². The zero-order valence-corrected chi connectivity index (χ0v) is 10.5. The first-order valence-corrected chi connectivity index (χ1v) is 7.45. The highest BCUT2D eigenvalue weighted by molar-refractivity contribution is 7.89. The number of benzene rings is 1. The number of sulfonamides is 1. The molecule has 1 aromatic rings. The molecule has 1 unspecified atom stereocenters. The molecule has 94 valence electrons. The van der Waals surface area contributed by atoms with Crippen molar-refractivity contribution in [3.05, 3.63) is 30.3 Å². The van der Waals surface area contributed by atoms with E-state index in [0.29, 0.717) is 4.90 Å². The van der Waals surface area contributed by atoms with Crippen molar-refractivity contribution in [2.45, 2.75) is 30.2 Å². The van der Waals surface area contributed by atoms with Crippen molar-refractivity contribution in [2.24, 2.45) is 0 Å². The number of nitrogens with one attached hydrogen (secondary N) is 2. The van der Waals surface area contributed by atoms with Crippen molar-refractivity contribution in [1.29, 1.82) is 0 Å². The highest BCUT2D eigenvalue weighted by Crippen LogP contribution is 2.12. The van der Waals surface area contributed by atoms with Crippen LogP contribution in [0.2, 0.25) is 0 Å². The lowest BCUT2D eigenvalue weighted by atomic mass is 10.1. The molecule has 1 atom stereocenters. The summed E-state index contributed by atoms with van der Waals surface area (Å²) in [6.07, 6.45) is 2.77. The van der Waals surface area contributed by atoms with Crippen LogP contribution in [-0.2, 0) is 10.0 Å². The minimum Gasteiger partial charge on any atom is -0.317 e. The number of hydrogen-bond acceptors (Lipinski definition) is 3. The van der Waals surface area contributed by atoms with Gasteiger partial charge in [0.2, 0.25) is 10.0 Å². The fourth-order valence-electron chi connectivity index (χ4n) is 2.02. The van der Waals surface area contributed by atoms with E-state index in [1.165, 1.54) is 0 Å². The Morgan fingerprint density at radius 2 is 1.88 bits per heavy atom. The maximum atomic E-state index is 12.1. The smallest absolute Gasteiger partial charge is 0.240 e. The lowest BCUT2D eigenvalue weighted by molar-refractivity contribution is 0.518. The van der Waals surface area contributed by atoms with Crippen LogP contribution >= 0.6 is 0 Å². The molecular weight excluding hydrogens is 236 g/mol. The molecule has 0 bridgehead atoms. The molecule has 1 aliphatic heterocycles. The van der Waals surface area contributed by atoms with Gasteiger partial charge in [0, 0.05) is 6.04 Å². The summed E-state index contributed by atoms with van der Waals surface area (Å²) in [5.41, 5.74) is 0. The zero-order valence-electron chi connectivity index (χ0n) is 9.72. The highest BCUT2D eigenvalue weighted by atomic mass is 32.2. The first-order valence-electron chi connectivity index (χ1n) is 5.96. The van der Waals surface area contributed by atoms with E-state index < -0.39 is 10.0 Å². The third-order valence-electron chi connectivity index (χ3n) is 2.95. The molecule has 1 saturated heterocycles. The molecule has 5 heteroatoms. The molecule has 1 aliphatic rings. The summed E-state index contributed by atoms with van der Waals surface area (Å²) in [6.45, 7) is 1.85. The molecule has 2 N–H and O–H groups in total. The summed E-state index contributed by atoms with van der Waals surface area (Å²) >= 11 is 0. The fourth-order valence-corrected chi connectivity index (χ4v) is 3.35. The van der Waals surface area contributed by atoms with Crippen molar-refractivity contribution in [3.8, 4) is 0 Å². The van der Waals surface area contributed by atoms with E-state index in [9.17, 15) is 8.42 Å². The average Bonchev–Trinajstić information content (AvgIpc) is 2.58. The molecule has 0 spiro atoms. The Balaban J connectivity index is 2.06. The summed E-state index contributed by atoms with van der Waals surface area (Å²) in [7, 11) is -3.35. The van der Waals surface area contributed by atoms with Crippen LogP contribution < -0.4 is 10.0 Å². The van der Waals surface area contributed by atoms with Crippen LogP contribution in [0.3, 0.4) is 0 Å². The Morgan fingerprint density at radius 3 is 2.65 bits per heavy atom. The summed E-state index contributed by atoms with van der Waals surface area (Å²) < 4.78 is 26.9. The van der Waals surface area contributed by atoms with Crippen molar-refractivity contribution in [2.75, 3.05) is 13.1 Å². The Kier molecular flexibility index (Phi) is 4.15. The Labute approximate surface area is 102 Å². The van der Waals surface area contributed by atoms with Gasteiger partial charge in [-0.05, 0) is 44.5 Å². The minimum absolute atomic E-state index is 0.0511. The minimum atomic E-state index is -3.35. The first kappa shape index (κ1) is 12.5. The van der Waals surface area contributed by atoms with E-state index in [-0.39, 0.29) is 6.04 Å². The lowest BCUT2D eigenvalue weighted by Gasteiger charge is -2.15. The quantitative estimate of drug-likeness (QED) is 0.849. The zero-order chi connectivity index (χ0) is 12.1. The van der Waals surface area contributed by atoms with Gasteiger partial charge in [0.15, 0.2) is 0 Å². The molecule has 1 aromatic carbocycles. The van der Waals surface area contributed by atoms with Gasteiger partial charge in [0.05, 0.1) is 4.90 Å². The molecule has 0 aliphatic carbocycles. The topological polar surface area (TPSA) is 58.2 Å². The van der Waals surface area contributed by atoms with E-state index in [1.807, 2.05) is 6.07 Å². The van der Waals surface area contributed by atoms with Crippen LogP contribution in [-0.4, -0.2) is 27.5 Å². The molecule has 1 fully saturated rings. The molecule has 0 amide bonds. The van der Waals surface area contributed by atoms with E-state index in [1.54, 1.807) is 24.3 Å². The maximum Gasteiger partial charge on any atom is 0.240 e.